The second kappa shape index (κ2) is 11.6. The summed E-state index contributed by atoms with van der Waals surface area (Å²) in [4.78, 5) is 0. The lowest BCUT2D eigenvalue weighted by Gasteiger charge is -2.09. The van der Waals surface area contributed by atoms with Gasteiger partial charge in [0.15, 0.2) is 5.75 Å². The maximum Gasteiger partial charge on any atom is 0.750 e. The van der Waals surface area contributed by atoms with Crippen LogP contribution in [0, 0.1) is 5.92 Å². The predicted octanol–water partition coefficient (Wildman–Crippen LogP) is 8.29. The van der Waals surface area contributed by atoms with E-state index in [2.05, 4.69) is 50.2 Å². The first kappa shape index (κ1) is 22.2. The van der Waals surface area contributed by atoms with E-state index in [1.54, 1.807) is 0 Å². The Bertz CT molecular complexity index is 905. The summed E-state index contributed by atoms with van der Waals surface area (Å²) in [5.74, 6) is 0.996. The summed E-state index contributed by atoms with van der Waals surface area (Å²) >= 11 is 0. The van der Waals surface area contributed by atoms with Gasteiger partial charge in [-0.05, 0) is 46.7 Å². The zero-order valence-electron chi connectivity index (χ0n) is 17.8. The second-order valence-corrected chi connectivity index (χ2v) is 8.38. The van der Waals surface area contributed by atoms with E-state index in [1.165, 1.54) is 24.0 Å². The van der Waals surface area contributed by atoms with Crippen molar-refractivity contribution in [3.8, 4) is 28.0 Å². The van der Waals surface area contributed by atoms with Gasteiger partial charge in [0.2, 0.25) is 0 Å². The number of benzene rings is 3. The van der Waals surface area contributed by atoms with Gasteiger partial charge in [-0.15, -0.1) is 4.52 Å². The van der Waals surface area contributed by atoms with Crippen LogP contribution in [0.4, 0.5) is 0 Å². The van der Waals surface area contributed by atoms with Crippen LogP contribution in [0.2, 0.25) is 0 Å². The molecule has 0 aliphatic heterocycles. The molecule has 2 unspecified atom stereocenters. The molecule has 30 heavy (non-hydrogen) atoms. The standard InChI is InChI=1S/C26H30O3P/c1-3-5-9-21(4-2)20-28-30(27)29-26-18-16-25(17-19-26)24-14-12-23(13-15-24)22-10-7-6-8-11-22/h6-8,10-19,21H,3-5,9,20H2,1-2H3/q+1. The van der Waals surface area contributed by atoms with Crippen LogP contribution < -0.4 is 4.52 Å². The normalized spacial score (nSPS) is 12.4. The van der Waals surface area contributed by atoms with Gasteiger partial charge in [0.1, 0.15) is 6.61 Å². The molecule has 3 rings (SSSR count). The lowest BCUT2D eigenvalue weighted by molar-refractivity contribution is 0.221. The van der Waals surface area contributed by atoms with Crippen LogP contribution in [0.1, 0.15) is 39.5 Å². The Kier molecular flexibility index (Phi) is 8.62. The first-order chi connectivity index (χ1) is 14.7. The predicted molar refractivity (Wildman–Crippen MR) is 125 cm³/mol. The molecule has 0 radical (unpaired) electrons. The van der Waals surface area contributed by atoms with Crippen LogP contribution >= 0.6 is 8.25 Å². The lowest BCUT2D eigenvalue weighted by atomic mass is 10.0. The maximum atomic E-state index is 12.1. The minimum atomic E-state index is -2.15. The van der Waals surface area contributed by atoms with Gasteiger partial charge in [-0.1, -0.05) is 99.8 Å². The molecule has 0 amide bonds. The molecular formula is C26H30O3P+. The SMILES string of the molecule is CCCCC(CC)CO[P+](=O)Oc1ccc(-c2ccc(-c3ccccc3)cc2)cc1. The molecule has 0 N–H and O–H groups in total. The van der Waals surface area contributed by atoms with E-state index in [-0.39, 0.29) is 0 Å². The number of rotatable bonds is 11. The molecule has 0 aliphatic rings. The highest BCUT2D eigenvalue weighted by Crippen LogP contribution is 2.32. The van der Waals surface area contributed by atoms with Crippen molar-refractivity contribution in [1.29, 1.82) is 0 Å². The first-order valence-electron chi connectivity index (χ1n) is 10.7. The number of hydrogen-bond acceptors (Lipinski definition) is 3. The average molecular weight is 421 g/mol. The van der Waals surface area contributed by atoms with Gasteiger partial charge in [-0.2, -0.15) is 0 Å². The van der Waals surface area contributed by atoms with Crippen molar-refractivity contribution in [3.05, 3.63) is 78.9 Å². The van der Waals surface area contributed by atoms with Crippen molar-refractivity contribution in [1.82, 2.24) is 0 Å². The molecule has 3 aromatic carbocycles. The van der Waals surface area contributed by atoms with Crippen LogP contribution in [0.3, 0.4) is 0 Å². The van der Waals surface area contributed by atoms with Gasteiger partial charge < -0.3 is 0 Å². The highest BCUT2D eigenvalue weighted by Gasteiger charge is 2.24. The third-order valence-electron chi connectivity index (χ3n) is 5.32. The molecule has 2 atom stereocenters. The molecule has 156 valence electrons. The Morgan fingerprint density at radius 1 is 0.767 bits per heavy atom. The van der Waals surface area contributed by atoms with Crippen molar-refractivity contribution < 1.29 is 13.6 Å². The lowest BCUT2D eigenvalue weighted by Crippen LogP contribution is -2.06. The maximum absolute atomic E-state index is 12.1. The summed E-state index contributed by atoms with van der Waals surface area (Å²) in [6, 6.07) is 26.4. The van der Waals surface area contributed by atoms with E-state index < -0.39 is 8.25 Å². The molecular weight excluding hydrogens is 391 g/mol. The molecule has 0 bridgehead atoms. The van der Waals surface area contributed by atoms with Gasteiger partial charge in [-0.3, -0.25) is 0 Å². The van der Waals surface area contributed by atoms with Gasteiger partial charge in [0.25, 0.3) is 0 Å². The third-order valence-corrected chi connectivity index (χ3v) is 6.04. The summed E-state index contributed by atoms with van der Waals surface area (Å²) in [6.07, 6.45) is 4.47. The molecule has 3 nitrogen and oxygen atoms in total. The zero-order valence-corrected chi connectivity index (χ0v) is 18.7. The van der Waals surface area contributed by atoms with Crippen molar-refractivity contribution >= 4 is 8.25 Å². The van der Waals surface area contributed by atoms with Crippen molar-refractivity contribution in [3.63, 3.8) is 0 Å². The number of unbranched alkanes of at least 4 members (excludes halogenated alkanes) is 1. The van der Waals surface area contributed by atoms with Crippen LogP contribution in [0.5, 0.6) is 5.75 Å². The van der Waals surface area contributed by atoms with Crippen molar-refractivity contribution in [2.75, 3.05) is 6.61 Å². The molecule has 0 heterocycles. The van der Waals surface area contributed by atoms with E-state index in [0.717, 1.165) is 24.0 Å². The Balaban J connectivity index is 1.55. The minimum absolute atomic E-state index is 0.439. The molecule has 0 fully saturated rings. The van der Waals surface area contributed by atoms with Crippen LogP contribution in [-0.2, 0) is 9.09 Å². The molecule has 4 heteroatoms. The van der Waals surface area contributed by atoms with Crippen LogP contribution in [0.15, 0.2) is 78.9 Å². The van der Waals surface area contributed by atoms with E-state index >= 15 is 0 Å². The Morgan fingerprint density at radius 2 is 1.30 bits per heavy atom. The summed E-state index contributed by atoms with van der Waals surface area (Å²) in [7, 11) is -2.15. The smallest absolute Gasteiger partial charge is 0.229 e. The van der Waals surface area contributed by atoms with Crippen molar-refractivity contribution in [2.45, 2.75) is 39.5 Å². The fourth-order valence-electron chi connectivity index (χ4n) is 3.37. The molecule has 0 saturated heterocycles. The van der Waals surface area contributed by atoms with Crippen molar-refractivity contribution in [2.24, 2.45) is 5.92 Å². The quantitative estimate of drug-likeness (QED) is 0.292. The van der Waals surface area contributed by atoms with Gasteiger partial charge in [-0.25, -0.2) is 4.52 Å². The second-order valence-electron chi connectivity index (χ2n) is 7.49. The van der Waals surface area contributed by atoms with Gasteiger partial charge >= 0.3 is 8.25 Å². The summed E-state index contributed by atoms with van der Waals surface area (Å²) < 4.78 is 23.1. The van der Waals surface area contributed by atoms with E-state index in [1.807, 2.05) is 42.5 Å². The summed E-state index contributed by atoms with van der Waals surface area (Å²) in [5.41, 5.74) is 4.61. The topological polar surface area (TPSA) is 35.5 Å². The monoisotopic (exact) mass is 421 g/mol. The fraction of sp³-hybridized carbons (Fsp3) is 0.308. The highest BCUT2D eigenvalue weighted by molar-refractivity contribution is 7.33. The highest BCUT2D eigenvalue weighted by atomic mass is 31.1. The van der Waals surface area contributed by atoms with Gasteiger partial charge in [0, 0.05) is 4.57 Å². The fourth-order valence-corrected chi connectivity index (χ4v) is 4.05. The summed E-state index contributed by atoms with van der Waals surface area (Å²) in [5, 5.41) is 0. The first-order valence-corrected chi connectivity index (χ1v) is 11.8. The Morgan fingerprint density at radius 3 is 1.83 bits per heavy atom. The van der Waals surface area contributed by atoms with Gasteiger partial charge in [0.05, 0.1) is 0 Å². The van der Waals surface area contributed by atoms with E-state index in [9.17, 15) is 4.57 Å². The largest absolute Gasteiger partial charge is 0.750 e. The number of hydrogen-bond donors (Lipinski definition) is 0. The molecule has 0 saturated carbocycles. The Labute approximate surface area is 181 Å². The average Bonchev–Trinajstić information content (AvgIpc) is 2.80. The van der Waals surface area contributed by atoms with Crippen LogP contribution in [0.25, 0.3) is 22.3 Å². The minimum Gasteiger partial charge on any atom is -0.229 e. The van der Waals surface area contributed by atoms with Crippen LogP contribution in [-0.4, -0.2) is 6.61 Å². The Hall–Kier alpha value is -2.48. The molecule has 0 spiro atoms. The molecule has 0 aromatic heterocycles. The molecule has 0 aliphatic carbocycles. The van der Waals surface area contributed by atoms with E-state index in [4.69, 9.17) is 9.05 Å². The summed E-state index contributed by atoms with van der Waals surface area (Å²) in [6.45, 7) is 4.80. The third kappa shape index (κ3) is 6.52. The molecule has 3 aromatic rings. The van der Waals surface area contributed by atoms with E-state index in [0.29, 0.717) is 18.3 Å². The zero-order chi connectivity index (χ0) is 21.2.